The van der Waals surface area contributed by atoms with Gasteiger partial charge in [0.15, 0.2) is 0 Å². The van der Waals surface area contributed by atoms with E-state index in [4.69, 9.17) is 5.11 Å². The molecule has 0 aliphatic heterocycles. The van der Waals surface area contributed by atoms with E-state index in [2.05, 4.69) is 24.5 Å². The van der Waals surface area contributed by atoms with E-state index in [1.165, 1.54) is 13.3 Å². The van der Waals surface area contributed by atoms with E-state index in [0.717, 1.165) is 12.8 Å². The van der Waals surface area contributed by atoms with E-state index in [1.54, 1.807) is 0 Å². The van der Waals surface area contributed by atoms with Crippen LogP contribution < -0.4 is 10.6 Å². The smallest absolute Gasteiger partial charge is 0.325 e. The Labute approximate surface area is 102 Å². The van der Waals surface area contributed by atoms with Crippen LogP contribution in [0.25, 0.3) is 0 Å². The summed E-state index contributed by atoms with van der Waals surface area (Å²) >= 11 is 0. The fourth-order valence-electron chi connectivity index (χ4n) is 2.25. The van der Waals surface area contributed by atoms with Crippen molar-refractivity contribution in [2.24, 2.45) is 11.8 Å². The molecule has 0 aromatic heterocycles. The van der Waals surface area contributed by atoms with E-state index in [1.807, 2.05) is 0 Å². The van der Waals surface area contributed by atoms with Crippen molar-refractivity contribution in [3.63, 3.8) is 0 Å². The average molecular weight is 242 g/mol. The van der Waals surface area contributed by atoms with Gasteiger partial charge in [0.05, 0.1) is 0 Å². The molecule has 3 N–H and O–H groups in total. The predicted octanol–water partition coefficient (Wildman–Crippen LogP) is 1.58. The SMILES string of the molecule is CC1CCCC(NC(=O)N[C@H](C)C(=O)O)C1C. The van der Waals surface area contributed by atoms with Crippen LogP contribution in [0.5, 0.6) is 0 Å². The Morgan fingerprint density at radius 2 is 1.94 bits per heavy atom. The van der Waals surface area contributed by atoms with Crippen molar-refractivity contribution in [1.82, 2.24) is 10.6 Å². The Morgan fingerprint density at radius 1 is 1.29 bits per heavy atom. The molecule has 1 fully saturated rings. The first-order valence-electron chi connectivity index (χ1n) is 6.21. The molecule has 5 heteroatoms. The number of carbonyl (C=O) groups excluding carboxylic acids is 1. The lowest BCUT2D eigenvalue weighted by Crippen LogP contribution is -2.51. The Balaban J connectivity index is 2.42. The lowest BCUT2D eigenvalue weighted by Gasteiger charge is -2.34. The van der Waals surface area contributed by atoms with Crippen LogP contribution in [0, 0.1) is 11.8 Å². The number of hydrogen-bond donors (Lipinski definition) is 3. The van der Waals surface area contributed by atoms with E-state index in [0.29, 0.717) is 11.8 Å². The second kappa shape index (κ2) is 5.89. The van der Waals surface area contributed by atoms with Gasteiger partial charge >= 0.3 is 12.0 Å². The molecule has 98 valence electrons. The summed E-state index contributed by atoms with van der Waals surface area (Å²) < 4.78 is 0. The van der Waals surface area contributed by atoms with Gasteiger partial charge in [0.25, 0.3) is 0 Å². The summed E-state index contributed by atoms with van der Waals surface area (Å²) in [5.74, 6) is 0.0193. The van der Waals surface area contributed by atoms with Crippen LogP contribution in [0.3, 0.4) is 0 Å². The van der Waals surface area contributed by atoms with Crippen molar-refractivity contribution in [3.05, 3.63) is 0 Å². The third-order valence-corrected chi connectivity index (χ3v) is 3.74. The van der Waals surface area contributed by atoms with E-state index >= 15 is 0 Å². The standard InChI is InChI=1S/C12H22N2O3/c1-7-5-4-6-10(8(7)2)14-12(17)13-9(3)11(15)16/h7-10H,4-6H2,1-3H3,(H,15,16)(H2,13,14,17)/t7?,8?,9-,10?/m1/s1. The van der Waals surface area contributed by atoms with Gasteiger partial charge in [-0.25, -0.2) is 4.79 Å². The molecule has 0 radical (unpaired) electrons. The highest BCUT2D eigenvalue weighted by atomic mass is 16.4. The van der Waals surface area contributed by atoms with Gasteiger partial charge in [0.2, 0.25) is 0 Å². The first-order chi connectivity index (χ1) is 7.91. The first-order valence-corrected chi connectivity index (χ1v) is 6.21. The second-order valence-corrected chi connectivity index (χ2v) is 5.05. The summed E-state index contributed by atoms with van der Waals surface area (Å²) in [5, 5.41) is 14.0. The highest BCUT2D eigenvalue weighted by molar-refractivity contribution is 5.82. The van der Waals surface area contributed by atoms with Crippen LogP contribution in [0.15, 0.2) is 0 Å². The minimum atomic E-state index is -1.02. The largest absolute Gasteiger partial charge is 0.480 e. The van der Waals surface area contributed by atoms with Crippen LogP contribution >= 0.6 is 0 Å². The fourth-order valence-corrected chi connectivity index (χ4v) is 2.25. The van der Waals surface area contributed by atoms with Crippen molar-refractivity contribution < 1.29 is 14.7 Å². The number of carboxylic acid groups (broad SMARTS) is 1. The number of rotatable bonds is 3. The number of urea groups is 1. The summed E-state index contributed by atoms with van der Waals surface area (Å²) in [6.45, 7) is 5.78. The van der Waals surface area contributed by atoms with Gasteiger partial charge < -0.3 is 15.7 Å². The molecule has 5 nitrogen and oxygen atoms in total. The van der Waals surface area contributed by atoms with Gasteiger partial charge in [0.1, 0.15) is 6.04 Å². The normalized spacial score (nSPS) is 30.4. The van der Waals surface area contributed by atoms with Gasteiger partial charge in [-0.05, 0) is 25.2 Å². The van der Waals surface area contributed by atoms with Gasteiger partial charge in [-0.15, -0.1) is 0 Å². The predicted molar refractivity (Wildman–Crippen MR) is 64.7 cm³/mol. The van der Waals surface area contributed by atoms with E-state index < -0.39 is 12.0 Å². The zero-order valence-corrected chi connectivity index (χ0v) is 10.7. The maximum atomic E-state index is 11.6. The van der Waals surface area contributed by atoms with Crippen molar-refractivity contribution in [2.45, 2.75) is 52.1 Å². The maximum absolute atomic E-state index is 11.6. The molecule has 1 aliphatic rings. The fraction of sp³-hybridized carbons (Fsp3) is 0.833. The van der Waals surface area contributed by atoms with Crippen molar-refractivity contribution >= 4 is 12.0 Å². The lowest BCUT2D eigenvalue weighted by molar-refractivity contribution is -0.138. The monoisotopic (exact) mass is 242 g/mol. The molecule has 0 saturated heterocycles. The number of nitrogens with one attached hydrogen (secondary N) is 2. The Kier molecular flexibility index (Phi) is 4.78. The number of carbonyl (C=O) groups is 2. The molecule has 1 saturated carbocycles. The maximum Gasteiger partial charge on any atom is 0.325 e. The second-order valence-electron chi connectivity index (χ2n) is 5.05. The van der Waals surface area contributed by atoms with Crippen molar-refractivity contribution in [2.75, 3.05) is 0 Å². The van der Waals surface area contributed by atoms with E-state index in [9.17, 15) is 9.59 Å². The topological polar surface area (TPSA) is 78.4 Å². The van der Waals surface area contributed by atoms with Gasteiger partial charge in [-0.2, -0.15) is 0 Å². The average Bonchev–Trinajstić information content (AvgIpc) is 2.24. The number of hydrogen-bond acceptors (Lipinski definition) is 2. The lowest BCUT2D eigenvalue weighted by atomic mass is 9.78. The quantitative estimate of drug-likeness (QED) is 0.703. The third-order valence-electron chi connectivity index (χ3n) is 3.74. The molecule has 0 aromatic rings. The van der Waals surface area contributed by atoms with Crippen molar-refractivity contribution in [3.8, 4) is 0 Å². The van der Waals surface area contributed by atoms with Crippen LogP contribution in [0.1, 0.15) is 40.0 Å². The highest BCUT2D eigenvalue weighted by Crippen LogP contribution is 2.29. The minimum absolute atomic E-state index is 0.153. The van der Waals surface area contributed by atoms with Gasteiger partial charge in [-0.1, -0.05) is 26.7 Å². The van der Waals surface area contributed by atoms with Crippen LogP contribution in [0.4, 0.5) is 4.79 Å². The number of aliphatic carboxylic acids is 1. The molecule has 3 unspecified atom stereocenters. The molecule has 0 aromatic carbocycles. The molecule has 17 heavy (non-hydrogen) atoms. The zero-order chi connectivity index (χ0) is 13.0. The zero-order valence-electron chi connectivity index (χ0n) is 10.7. The summed E-state index contributed by atoms with van der Waals surface area (Å²) in [7, 11) is 0. The minimum Gasteiger partial charge on any atom is -0.480 e. The van der Waals surface area contributed by atoms with E-state index in [-0.39, 0.29) is 12.1 Å². The van der Waals surface area contributed by atoms with Crippen LogP contribution in [-0.2, 0) is 4.79 Å². The molecule has 0 heterocycles. The Bertz CT molecular complexity index is 293. The van der Waals surface area contributed by atoms with Gasteiger partial charge in [-0.3, -0.25) is 4.79 Å². The number of amides is 2. The highest BCUT2D eigenvalue weighted by Gasteiger charge is 2.28. The number of carboxylic acids is 1. The third kappa shape index (κ3) is 3.91. The van der Waals surface area contributed by atoms with Crippen LogP contribution in [0.2, 0.25) is 0 Å². The first kappa shape index (κ1) is 13.8. The summed E-state index contributed by atoms with van der Waals surface area (Å²) in [6.07, 6.45) is 3.29. The molecular weight excluding hydrogens is 220 g/mol. The molecule has 4 atom stereocenters. The molecule has 1 rings (SSSR count). The molecule has 0 spiro atoms. The van der Waals surface area contributed by atoms with Crippen LogP contribution in [-0.4, -0.2) is 29.2 Å². The molecule has 0 bridgehead atoms. The summed E-state index contributed by atoms with van der Waals surface area (Å²) in [5.41, 5.74) is 0. The summed E-state index contributed by atoms with van der Waals surface area (Å²) in [6, 6.07) is -1.09. The van der Waals surface area contributed by atoms with Crippen molar-refractivity contribution in [1.29, 1.82) is 0 Å². The summed E-state index contributed by atoms with van der Waals surface area (Å²) in [4.78, 5) is 22.2. The molecular formula is C12H22N2O3. The Morgan fingerprint density at radius 3 is 2.53 bits per heavy atom. The molecule has 1 aliphatic carbocycles. The Hall–Kier alpha value is -1.26. The van der Waals surface area contributed by atoms with Gasteiger partial charge in [0, 0.05) is 6.04 Å². The molecule has 2 amide bonds.